The van der Waals surface area contributed by atoms with Crippen LogP contribution >= 0.6 is 0 Å². The van der Waals surface area contributed by atoms with Crippen molar-refractivity contribution in [1.29, 1.82) is 0 Å². The van der Waals surface area contributed by atoms with E-state index in [0.717, 1.165) is 12.2 Å². The molecule has 0 aliphatic heterocycles. The number of nitrogens with two attached hydrogens (primary N) is 1. The quantitative estimate of drug-likeness (QED) is 0.363. The summed E-state index contributed by atoms with van der Waals surface area (Å²) < 4.78 is 0. The third-order valence-corrected chi connectivity index (χ3v) is 2.53. The number of nitrogens with one attached hydrogen (secondary N) is 1. The molecule has 4 nitrogen and oxygen atoms in total. The molecule has 0 aromatic heterocycles. The Morgan fingerprint density at radius 3 is 2.59 bits per heavy atom. The number of anilines is 1. The van der Waals surface area contributed by atoms with Crippen LogP contribution in [0, 0.1) is 12.8 Å². The predicted octanol–water partition coefficient (Wildman–Crippen LogP) is 1.91. The molecule has 0 aliphatic carbocycles. The Bertz CT molecular complexity index is 385. The highest BCUT2D eigenvalue weighted by Crippen LogP contribution is 2.17. The Hall–Kier alpha value is -1.55. The molecule has 0 bridgehead atoms. The average molecular weight is 234 g/mol. The van der Waals surface area contributed by atoms with E-state index in [9.17, 15) is 0 Å². The third-order valence-electron chi connectivity index (χ3n) is 2.53. The van der Waals surface area contributed by atoms with Gasteiger partial charge in [0.15, 0.2) is 0 Å². The fraction of sp³-hybridized carbons (Fsp3) is 0.462. The topological polar surface area (TPSA) is 53.6 Å². The molecule has 4 heteroatoms. The molecular weight excluding hydrogens is 212 g/mol. The largest absolute Gasteiger partial charge is 0.314 e. The molecule has 94 valence electrons. The maximum absolute atomic E-state index is 5.52. The van der Waals surface area contributed by atoms with E-state index >= 15 is 0 Å². The minimum absolute atomic E-state index is 0.517. The highest BCUT2D eigenvalue weighted by atomic mass is 15.4. The van der Waals surface area contributed by atoms with Gasteiger partial charge in [0.1, 0.15) is 0 Å². The van der Waals surface area contributed by atoms with Crippen molar-refractivity contribution in [3.05, 3.63) is 29.8 Å². The van der Waals surface area contributed by atoms with Crippen molar-refractivity contribution in [2.75, 3.05) is 18.5 Å². The summed E-state index contributed by atoms with van der Waals surface area (Å²) in [4.78, 5) is 6.44. The number of aliphatic imine (C=N–C) groups is 1. The van der Waals surface area contributed by atoms with Gasteiger partial charge in [-0.3, -0.25) is 10.4 Å². The zero-order valence-corrected chi connectivity index (χ0v) is 11.1. The molecule has 3 N–H and O–H groups in total. The molecule has 0 fully saturated rings. The maximum atomic E-state index is 5.52. The van der Waals surface area contributed by atoms with Crippen molar-refractivity contribution in [1.82, 2.24) is 5.43 Å². The van der Waals surface area contributed by atoms with Gasteiger partial charge in [0.2, 0.25) is 5.96 Å². The molecule has 0 atom stereocenters. The van der Waals surface area contributed by atoms with Crippen LogP contribution in [0.3, 0.4) is 0 Å². The van der Waals surface area contributed by atoms with Crippen LogP contribution in [-0.2, 0) is 0 Å². The first-order valence-electron chi connectivity index (χ1n) is 5.86. The molecule has 0 heterocycles. The summed E-state index contributed by atoms with van der Waals surface area (Å²) in [6.45, 7) is 7.09. The van der Waals surface area contributed by atoms with Crippen LogP contribution in [0.1, 0.15) is 19.4 Å². The fourth-order valence-corrected chi connectivity index (χ4v) is 1.57. The van der Waals surface area contributed by atoms with E-state index in [1.165, 1.54) is 5.56 Å². The van der Waals surface area contributed by atoms with E-state index in [1.807, 2.05) is 24.1 Å². The SMILES string of the molecule is Cc1ccccc1N(C)C(=NCC(C)C)NN. The molecule has 0 aliphatic rings. The molecule has 1 rings (SSSR count). The lowest BCUT2D eigenvalue weighted by atomic mass is 10.2. The lowest BCUT2D eigenvalue weighted by molar-refractivity contribution is 0.661. The van der Waals surface area contributed by atoms with Crippen molar-refractivity contribution >= 4 is 11.6 Å². The van der Waals surface area contributed by atoms with Crippen molar-refractivity contribution in [3.63, 3.8) is 0 Å². The molecular formula is C13H22N4. The van der Waals surface area contributed by atoms with Gasteiger partial charge in [-0.25, -0.2) is 5.84 Å². The van der Waals surface area contributed by atoms with Crippen molar-refractivity contribution < 1.29 is 0 Å². The van der Waals surface area contributed by atoms with Gasteiger partial charge in [0.25, 0.3) is 0 Å². The first kappa shape index (κ1) is 13.5. The van der Waals surface area contributed by atoms with Gasteiger partial charge in [-0.15, -0.1) is 0 Å². The van der Waals surface area contributed by atoms with Crippen LogP contribution in [-0.4, -0.2) is 19.6 Å². The molecule has 0 spiro atoms. The smallest absolute Gasteiger partial charge is 0.212 e. The molecule has 1 aromatic rings. The Morgan fingerprint density at radius 2 is 2.06 bits per heavy atom. The summed E-state index contributed by atoms with van der Waals surface area (Å²) >= 11 is 0. The predicted molar refractivity (Wildman–Crippen MR) is 74.0 cm³/mol. The standard InChI is InChI=1S/C13H22N4/c1-10(2)9-15-13(16-14)17(4)12-8-6-5-7-11(12)3/h5-8,10H,9,14H2,1-4H3,(H,15,16). The number of aryl methyl sites for hydroxylation is 1. The van der Waals surface area contributed by atoms with Gasteiger partial charge in [0, 0.05) is 19.3 Å². The van der Waals surface area contributed by atoms with Crippen molar-refractivity contribution in [2.24, 2.45) is 16.8 Å². The number of hydrogen-bond donors (Lipinski definition) is 2. The lowest BCUT2D eigenvalue weighted by Gasteiger charge is -2.22. The second-order valence-electron chi connectivity index (χ2n) is 4.55. The zero-order chi connectivity index (χ0) is 12.8. The molecule has 1 aromatic carbocycles. The van der Waals surface area contributed by atoms with Gasteiger partial charge in [-0.2, -0.15) is 0 Å². The van der Waals surface area contributed by atoms with Gasteiger partial charge >= 0.3 is 0 Å². The number of para-hydroxylation sites is 1. The second kappa shape index (κ2) is 6.25. The first-order valence-corrected chi connectivity index (χ1v) is 5.86. The number of guanidine groups is 1. The van der Waals surface area contributed by atoms with Gasteiger partial charge < -0.3 is 4.90 Å². The van der Waals surface area contributed by atoms with Crippen LogP contribution in [0.25, 0.3) is 0 Å². The second-order valence-corrected chi connectivity index (χ2v) is 4.55. The highest BCUT2D eigenvalue weighted by Gasteiger charge is 2.09. The molecule has 0 saturated carbocycles. The summed E-state index contributed by atoms with van der Waals surface area (Å²) in [7, 11) is 1.96. The molecule has 0 unspecified atom stereocenters. The maximum Gasteiger partial charge on any atom is 0.212 e. The average Bonchev–Trinajstić information content (AvgIpc) is 2.29. The van der Waals surface area contributed by atoms with Gasteiger partial charge in [0.05, 0.1) is 0 Å². The summed E-state index contributed by atoms with van der Waals surface area (Å²) in [5.74, 6) is 6.73. The van der Waals surface area contributed by atoms with Crippen LogP contribution in [0.2, 0.25) is 0 Å². The summed E-state index contributed by atoms with van der Waals surface area (Å²) in [6.07, 6.45) is 0. The van der Waals surface area contributed by atoms with Gasteiger partial charge in [-0.05, 0) is 24.5 Å². The van der Waals surface area contributed by atoms with Crippen LogP contribution < -0.4 is 16.2 Å². The van der Waals surface area contributed by atoms with E-state index in [4.69, 9.17) is 5.84 Å². The Labute approximate surface area is 104 Å². The number of hydrogen-bond acceptors (Lipinski definition) is 2. The zero-order valence-electron chi connectivity index (χ0n) is 11.1. The molecule has 0 saturated heterocycles. The molecule has 0 radical (unpaired) electrons. The van der Waals surface area contributed by atoms with E-state index < -0.39 is 0 Å². The fourth-order valence-electron chi connectivity index (χ4n) is 1.57. The Morgan fingerprint density at radius 1 is 1.41 bits per heavy atom. The molecule has 0 amide bonds. The number of nitrogens with zero attached hydrogens (tertiary/aromatic N) is 2. The minimum atomic E-state index is 0.517. The third kappa shape index (κ3) is 3.75. The van der Waals surface area contributed by atoms with Crippen molar-refractivity contribution in [3.8, 4) is 0 Å². The minimum Gasteiger partial charge on any atom is -0.314 e. The summed E-state index contributed by atoms with van der Waals surface area (Å²) in [5, 5.41) is 0. The Kier molecular flexibility index (Phi) is 4.97. The summed E-state index contributed by atoms with van der Waals surface area (Å²) in [6, 6.07) is 8.16. The van der Waals surface area contributed by atoms with Crippen LogP contribution in [0.15, 0.2) is 29.3 Å². The van der Waals surface area contributed by atoms with Crippen LogP contribution in [0.4, 0.5) is 5.69 Å². The number of hydrazine groups is 1. The van der Waals surface area contributed by atoms with E-state index in [1.54, 1.807) is 0 Å². The lowest BCUT2D eigenvalue weighted by Crippen LogP contribution is -2.43. The van der Waals surface area contributed by atoms with Crippen molar-refractivity contribution in [2.45, 2.75) is 20.8 Å². The monoisotopic (exact) mass is 234 g/mol. The number of benzene rings is 1. The van der Waals surface area contributed by atoms with E-state index in [-0.39, 0.29) is 0 Å². The normalized spacial score (nSPS) is 11.8. The Balaban J connectivity index is 2.90. The van der Waals surface area contributed by atoms with E-state index in [2.05, 4.69) is 43.3 Å². The van der Waals surface area contributed by atoms with Gasteiger partial charge in [-0.1, -0.05) is 32.0 Å². The first-order chi connectivity index (χ1) is 8.06. The summed E-state index contributed by atoms with van der Waals surface area (Å²) in [5.41, 5.74) is 4.96. The number of rotatable bonds is 3. The molecule has 17 heavy (non-hydrogen) atoms. The highest BCUT2D eigenvalue weighted by molar-refractivity contribution is 5.95. The van der Waals surface area contributed by atoms with E-state index in [0.29, 0.717) is 11.9 Å². The van der Waals surface area contributed by atoms with Crippen LogP contribution in [0.5, 0.6) is 0 Å².